The molecule has 2 rings (SSSR count). The van der Waals surface area contributed by atoms with Gasteiger partial charge in [-0.3, -0.25) is 4.31 Å². The summed E-state index contributed by atoms with van der Waals surface area (Å²) >= 11 is 0. The average molecular weight is 326 g/mol. The number of hydrogen-bond acceptors (Lipinski definition) is 3. The molecule has 0 fully saturated rings. The third-order valence-electron chi connectivity index (χ3n) is 3.04. The van der Waals surface area contributed by atoms with Crippen molar-refractivity contribution < 1.29 is 17.2 Å². The van der Waals surface area contributed by atoms with Crippen LogP contribution in [-0.4, -0.2) is 19.2 Å². The first-order valence-corrected chi connectivity index (χ1v) is 8.39. The third-order valence-corrected chi connectivity index (χ3v) is 4.97. The predicted octanol–water partition coefficient (Wildman–Crippen LogP) is 3.11. The quantitative estimate of drug-likeness (QED) is 0.767. The Kier molecular flexibility index (Phi) is 5.07. The fraction of sp³-hybridized carbons (Fsp3) is 0.267. The second-order valence-corrected chi connectivity index (χ2v) is 6.80. The van der Waals surface area contributed by atoms with Crippen LogP contribution >= 0.6 is 0 Å². The zero-order chi connectivity index (χ0) is 16.2. The second-order valence-electron chi connectivity index (χ2n) is 4.79. The number of pyridine rings is 1. The first-order valence-electron chi connectivity index (χ1n) is 6.79. The molecular weight excluding hydrogens is 310 g/mol. The van der Waals surface area contributed by atoms with Gasteiger partial charge in [0.25, 0.3) is 0 Å². The van der Waals surface area contributed by atoms with Crippen molar-refractivity contribution in [3.05, 3.63) is 59.9 Å². The van der Waals surface area contributed by atoms with Crippen LogP contribution in [-0.2, 0) is 16.6 Å². The number of hydrogen-bond donors (Lipinski definition) is 0. The Balaban J connectivity index is 2.37. The summed E-state index contributed by atoms with van der Waals surface area (Å²) in [5.41, 5.74) is 0.907. The summed E-state index contributed by atoms with van der Waals surface area (Å²) in [6.07, 6.45) is 1.63. The molecular formula is C15H16F2N2O2S. The first-order chi connectivity index (χ1) is 10.4. The summed E-state index contributed by atoms with van der Waals surface area (Å²) in [5, 5.41) is 0. The summed E-state index contributed by atoms with van der Waals surface area (Å²) in [7, 11) is -3.57. The Morgan fingerprint density at radius 3 is 2.32 bits per heavy atom. The minimum absolute atomic E-state index is 0.0361. The molecule has 0 unspecified atom stereocenters. The normalized spacial score (nSPS) is 11.4. The Hall–Kier alpha value is -2.02. The standard InChI is InChI=1S/C15H16F2N2O2S/c1-2-9-22(20,21)19(14-7-8-15(17)18-10-14)11-12-3-5-13(16)6-4-12/h3-8,10H,2,9,11H2,1H3. The number of sulfonamides is 1. The minimum atomic E-state index is -3.57. The van der Waals surface area contributed by atoms with E-state index in [9.17, 15) is 17.2 Å². The summed E-state index contributed by atoms with van der Waals surface area (Å²) in [6, 6.07) is 8.03. The van der Waals surface area contributed by atoms with E-state index in [2.05, 4.69) is 4.98 Å². The molecule has 22 heavy (non-hydrogen) atoms. The zero-order valence-corrected chi connectivity index (χ0v) is 12.9. The van der Waals surface area contributed by atoms with Gasteiger partial charge in [0.15, 0.2) is 0 Å². The van der Waals surface area contributed by atoms with E-state index in [4.69, 9.17) is 0 Å². The Morgan fingerprint density at radius 1 is 1.09 bits per heavy atom. The summed E-state index contributed by atoms with van der Waals surface area (Å²) in [5.74, 6) is -1.11. The van der Waals surface area contributed by atoms with Crippen LogP contribution < -0.4 is 4.31 Å². The summed E-state index contributed by atoms with van der Waals surface area (Å²) in [6.45, 7) is 1.80. The van der Waals surface area contributed by atoms with E-state index >= 15 is 0 Å². The molecule has 0 aliphatic heterocycles. The van der Waals surface area contributed by atoms with Crippen LogP contribution in [0.4, 0.5) is 14.5 Å². The van der Waals surface area contributed by atoms with Crippen molar-refractivity contribution in [3.63, 3.8) is 0 Å². The number of anilines is 1. The lowest BCUT2D eigenvalue weighted by atomic mass is 10.2. The smallest absolute Gasteiger partial charge is 0.235 e. The molecule has 0 aliphatic rings. The lowest BCUT2D eigenvalue weighted by molar-refractivity contribution is 0.580. The molecule has 2 aromatic rings. The van der Waals surface area contributed by atoms with Gasteiger partial charge in [-0.1, -0.05) is 19.1 Å². The van der Waals surface area contributed by atoms with Crippen molar-refractivity contribution in [2.45, 2.75) is 19.9 Å². The molecule has 0 radical (unpaired) electrons. The van der Waals surface area contributed by atoms with Crippen molar-refractivity contribution in [2.24, 2.45) is 0 Å². The van der Waals surface area contributed by atoms with Gasteiger partial charge in [0.2, 0.25) is 16.0 Å². The van der Waals surface area contributed by atoms with Crippen LogP contribution in [0.5, 0.6) is 0 Å². The van der Waals surface area contributed by atoms with Crippen molar-refractivity contribution in [3.8, 4) is 0 Å². The van der Waals surface area contributed by atoms with Gasteiger partial charge in [-0.2, -0.15) is 4.39 Å². The zero-order valence-electron chi connectivity index (χ0n) is 12.0. The molecule has 0 saturated carbocycles. The van der Waals surface area contributed by atoms with E-state index in [1.807, 2.05) is 0 Å². The second kappa shape index (κ2) is 6.83. The van der Waals surface area contributed by atoms with Crippen molar-refractivity contribution in [1.29, 1.82) is 0 Å². The van der Waals surface area contributed by atoms with Gasteiger partial charge in [-0.25, -0.2) is 17.8 Å². The van der Waals surface area contributed by atoms with Crippen LogP contribution in [0.15, 0.2) is 42.6 Å². The number of halogens is 2. The fourth-order valence-electron chi connectivity index (χ4n) is 1.99. The van der Waals surface area contributed by atoms with Gasteiger partial charge >= 0.3 is 0 Å². The highest BCUT2D eigenvalue weighted by atomic mass is 32.2. The Morgan fingerprint density at radius 2 is 1.77 bits per heavy atom. The van der Waals surface area contributed by atoms with Crippen LogP contribution in [0, 0.1) is 11.8 Å². The average Bonchev–Trinajstić information content (AvgIpc) is 2.47. The Bertz CT molecular complexity index is 716. The van der Waals surface area contributed by atoms with E-state index in [1.165, 1.54) is 36.5 Å². The molecule has 0 bridgehead atoms. The van der Waals surface area contributed by atoms with Gasteiger partial charge in [0, 0.05) is 0 Å². The molecule has 0 atom stereocenters. The number of aromatic nitrogens is 1. The van der Waals surface area contributed by atoms with Gasteiger partial charge in [0.1, 0.15) is 5.82 Å². The van der Waals surface area contributed by atoms with Crippen molar-refractivity contribution >= 4 is 15.7 Å². The monoisotopic (exact) mass is 326 g/mol. The van der Waals surface area contributed by atoms with Gasteiger partial charge in [-0.05, 0) is 36.2 Å². The SMILES string of the molecule is CCCS(=O)(=O)N(Cc1ccc(F)cc1)c1ccc(F)nc1. The summed E-state index contributed by atoms with van der Waals surface area (Å²) in [4.78, 5) is 3.50. The van der Waals surface area contributed by atoms with E-state index in [-0.39, 0.29) is 18.0 Å². The molecule has 0 aliphatic carbocycles. The maximum absolute atomic E-state index is 13.0. The first kappa shape index (κ1) is 16.4. The molecule has 0 spiro atoms. The number of nitrogens with zero attached hydrogens (tertiary/aromatic N) is 2. The predicted molar refractivity (Wildman–Crippen MR) is 80.9 cm³/mol. The largest absolute Gasteiger partial charge is 0.264 e. The highest BCUT2D eigenvalue weighted by molar-refractivity contribution is 7.92. The Labute approximate surface area is 128 Å². The number of benzene rings is 1. The fourth-order valence-corrected chi connectivity index (χ4v) is 3.50. The van der Waals surface area contributed by atoms with Gasteiger partial charge < -0.3 is 0 Å². The highest BCUT2D eigenvalue weighted by Gasteiger charge is 2.22. The van der Waals surface area contributed by atoms with Crippen molar-refractivity contribution in [1.82, 2.24) is 4.98 Å². The molecule has 1 aromatic heterocycles. The van der Waals surface area contributed by atoms with Crippen LogP contribution in [0.2, 0.25) is 0 Å². The molecule has 118 valence electrons. The molecule has 0 N–H and O–H groups in total. The van der Waals surface area contributed by atoms with Crippen LogP contribution in [0.1, 0.15) is 18.9 Å². The molecule has 7 heteroatoms. The summed E-state index contributed by atoms with van der Waals surface area (Å²) < 4.78 is 51.9. The highest BCUT2D eigenvalue weighted by Crippen LogP contribution is 2.21. The lowest BCUT2D eigenvalue weighted by Crippen LogP contribution is -2.32. The maximum Gasteiger partial charge on any atom is 0.235 e. The van der Waals surface area contributed by atoms with E-state index in [0.29, 0.717) is 12.0 Å². The van der Waals surface area contributed by atoms with E-state index in [0.717, 1.165) is 10.4 Å². The van der Waals surface area contributed by atoms with E-state index < -0.39 is 21.8 Å². The lowest BCUT2D eigenvalue weighted by Gasteiger charge is -2.24. The van der Waals surface area contributed by atoms with E-state index in [1.54, 1.807) is 6.92 Å². The molecule has 0 amide bonds. The molecule has 1 aromatic carbocycles. The van der Waals surface area contributed by atoms with Crippen LogP contribution in [0.25, 0.3) is 0 Å². The molecule has 4 nitrogen and oxygen atoms in total. The molecule has 0 saturated heterocycles. The molecule has 1 heterocycles. The third kappa shape index (κ3) is 4.00. The van der Waals surface area contributed by atoms with Crippen molar-refractivity contribution in [2.75, 3.05) is 10.1 Å². The maximum atomic E-state index is 13.0. The van der Waals surface area contributed by atoms with Gasteiger partial charge in [-0.15, -0.1) is 0 Å². The minimum Gasteiger partial charge on any atom is -0.264 e. The van der Waals surface area contributed by atoms with Gasteiger partial charge in [0.05, 0.1) is 24.2 Å². The topological polar surface area (TPSA) is 50.3 Å². The number of rotatable bonds is 6. The van der Waals surface area contributed by atoms with Crippen LogP contribution in [0.3, 0.4) is 0 Å².